The van der Waals surface area contributed by atoms with Crippen molar-refractivity contribution < 1.29 is 19.6 Å². The lowest BCUT2D eigenvalue weighted by atomic mass is 10.00. The standard InChI is InChI=1S/C22H12BrN3O5S2/c23-12-5-3-11(4-6-12)19(27)17-18(15-2-1-9-32-15)25(21(29)20(17)28)22-24-14-8-7-13(26(30)31)10-16(14)33-22/h1-10,18,27H/b19-17+. The van der Waals surface area contributed by atoms with Gasteiger partial charge in [0.05, 0.1) is 20.7 Å². The van der Waals surface area contributed by atoms with E-state index in [1.54, 1.807) is 36.4 Å². The Morgan fingerprint density at radius 2 is 1.91 bits per heavy atom. The summed E-state index contributed by atoms with van der Waals surface area (Å²) in [7, 11) is 0. The van der Waals surface area contributed by atoms with Crippen LogP contribution in [-0.2, 0) is 9.59 Å². The Labute approximate surface area is 202 Å². The van der Waals surface area contributed by atoms with E-state index in [9.17, 15) is 24.8 Å². The number of anilines is 1. The molecule has 1 aliphatic heterocycles. The smallest absolute Gasteiger partial charge is 0.301 e. The summed E-state index contributed by atoms with van der Waals surface area (Å²) < 4.78 is 1.32. The molecule has 11 heteroatoms. The molecule has 1 saturated heterocycles. The van der Waals surface area contributed by atoms with E-state index in [0.717, 1.165) is 15.8 Å². The van der Waals surface area contributed by atoms with Gasteiger partial charge in [0.25, 0.3) is 11.5 Å². The topological polar surface area (TPSA) is 114 Å². The molecule has 1 fully saturated rings. The van der Waals surface area contributed by atoms with Crippen LogP contribution in [-0.4, -0.2) is 26.7 Å². The number of hydrogen-bond donors (Lipinski definition) is 1. The first-order chi connectivity index (χ1) is 15.8. The highest BCUT2D eigenvalue weighted by Gasteiger charge is 2.48. The number of Topliss-reactive ketones (excluding diaryl/α,β-unsaturated/α-hetero) is 1. The van der Waals surface area contributed by atoms with Gasteiger partial charge in [0.2, 0.25) is 0 Å². The number of nitro benzene ring substituents is 1. The number of carbonyl (C=O) groups excluding carboxylic acids is 2. The van der Waals surface area contributed by atoms with Gasteiger partial charge in [-0.15, -0.1) is 11.3 Å². The van der Waals surface area contributed by atoms with Crippen molar-refractivity contribution in [2.45, 2.75) is 6.04 Å². The number of thiophene rings is 1. The molecule has 2 aromatic carbocycles. The highest BCUT2D eigenvalue weighted by Crippen LogP contribution is 2.45. The monoisotopic (exact) mass is 541 g/mol. The molecule has 1 N–H and O–H groups in total. The molecule has 0 bridgehead atoms. The number of non-ortho nitro benzene ring substituents is 1. The number of rotatable bonds is 4. The van der Waals surface area contributed by atoms with Crippen molar-refractivity contribution in [2.24, 2.45) is 0 Å². The minimum absolute atomic E-state index is 0.0324. The van der Waals surface area contributed by atoms with Gasteiger partial charge >= 0.3 is 5.91 Å². The van der Waals surface area contributed by atoms with Crippen molar-refractivity contribution in [3.05, 3.63) is 90.6 Å². The third-order valence-corrected chi connectivity index (χ3v) is 7.62. The van der Waals surface area contributed by atoms with Gasteiger partial charge in [-0.25, -0.2) is 4.98 Å². The van der Waals surface area contributed by atoms with Crippen LogP contribution in [0.15, 0.2) is 70.0 Å². The number of carbonyl (C=O) groups is 2. The summed E-state index contributed by atoms with van der Waals surface area (Å²) in [5.41, 5.74) is 0.748. The van der Waals surface area contributed by atoms with Gasteiger partial charge in [0, 0.05) is 27.0 Å². The predicted octanol–water partition coefficient (Wildman–Crippen LogP) is 5.65. The number of ketones is 1. The molecule has 1 amide bonds. The van der Waals surface area contributed by atoms with Crippen LogP contribution >= 0.6 is 38.6 Å². The zero-order valence-corrected chi connectivity index (χ0v) is 19.7. The van der Waals surface area contributed by atoms with Gasteiger partial charge in [-0.2, -0.15) is 0 Å². The molecule has 0 aliphatic carbocycles. The summed E-state index contributed by atoms with van der Waals surface area (Å²) in [6.07, 6.45) is 0. The highest BCUT2D eigenvalue weighted by atomic mass is 79.9. The second-order valence-electron chi connectivity index (χ2n) is 7.10. The summed E-state index contributed by atoms with van der Waals surface area (Å²) in [6.45, 7) is 0. The van der Waals surface area contributed by atoms with E-state index in [0.29, 0.717) is 20.7 Å². The van der Waals surface area contributed by atoms with Crippen molar-refractivity contribution in [1.82, 2.24) is 4.98 Å². The maximum absolute atomic E-state index is 13.2. The van der Waals surface area contributed by atoms with Gasteiger partial charge < -0.3 is 5.11 Å². The SMILES string of the molecule is O=C1C(=O)N(c2nc3ccc([N+](=O)[O-])cc3s2)C(c2cccs2)/C1=C(\O)c1ccc(Br)cc1. The molecule has 164 valence electrons. The fourth-order valence-corrected chi connectivity index (χ4v) is 5.74. The largest absolute Gasteiger partial charge is 0.507 e. The van der Waals surface area contributed by atoms with Gasteiger partial charge in [-0.1, -0.05) is 45.5 Å². The fourth-order valence-electron chi connectivity index (χ4n) is 3.63. The van der Waals surface area contributed by atoms with E-state index >= 15 is 0 Å². The molecule has 5 rings (SSSR count). The van der Waals surface area contributed by atoms with Crippen molar-refractivity contribution in [3.8, 4) is 0 Å². The van der Waals surface area contributed by atoms with Crippen molar-refractivity contribution in [1.29, 1.82) is 0 Å². The van der Waals surface area contributed by atoms with Gasteiger partial charge in [-0.05, 0) is 29.6 Å². The van der Waals surface area contributed by atoms with Gasteiger partial charge in [-0.3, -0.25) is 24.6 Å². The van der Waals surface area contributed by atoms with E-state index in [1.807, 2.05) is 5.38 Å². The molecule has 1 unspecified atom stereocenters. The molecule has 33 heavy (non-hydrogen) atoms. The molecule has 1 aliphatic rings. The van der Waals surface area contributed by atoms with Crippen molar-refractivity contribution in [2.75, 3.05) is 4.90 Å². The lowest BCUT2D eigenvalue weighted by Gasteiger charge is -2.21. The predicted molar refractivity (Wildman–Crippen MR) is 130 cm³/mol. The molecular formula is C22H12BrN3O5S2. The first-order valence-electron chi connectivity index (χ1n) is 9.50. The number of aromatic nitrogens is 1. The number of nitro groups is 1. The Bertz CT molecular complexity index is 1460. The zero-order valence-electron chi connectivity index (χ0n) is 16.5. The molecule has 3 heterocycles. The third-order valence-electron chi connectivity index (χ3n) is 5.15. The molecular weight excluding hydrogens is 530 g/mol. The van der Waals surface area contributed by atoms with Crippen LogP contribution in [0.3, 0.4) is 0 Å². The number of aliphatic hydroxyl groups excluding tert-OH is 1. The number of halogens is 1. The van der Waals surface area contributed by atoms with E-state index in [4.69, 9.17) is 0 Å². The van der Waals surface area contributed by atoms with Crippen molar-refractivity contribution >= 4 is 77.1 Å². The second-order valence-corrected chi connectivity index (χ2v) is 10.0. The second kappa shape index (κ2) is 8.18. The Morgan fingerprint density at radius 3 is 2.58 bits per heavy atom. The maximum atomic E-state index is 13.2. The average Bonchev–Trinajstić information content (AvgIpc) is 3.52. The lowest BCUT2D eigenvalue weighted by molar-refractivity contribution is -0.384. The normalized spacial score (nSPS) is 17.7. The summed E-state index contributed by atoms with van der Waals surface area (Å²) in [4.78, 5) is 43.3. The number of hydrogen-bond acceptors (Lipinski definition) is 8. The van der Waals surface area contributed by atoms with Crippen LogP contribution in [0.4, 0.5) is 10.8 Å². The van der Waals surface area contributed by atoms with Crippen LogP contribution < -0.4 is 4.90 Å². The van der Waals surface area contributed by atoms with E-state index in [2.05, 4.69) is 20.9 Å². The molecule has 0 radical (unpaired) electrons. The van der Waals surface area contributed by atoms with Gasteiger partial charge in [0.1, 0.15) is 11.8 Å². The van der Waals surface area contributed by atoms with Crippen LogP contribution in [0.1, 0.15) is 16.5 Å². The van der Waals surface area contributed by atoms with Crippen LogP contribution in [0.25, 0.3) is 16.0 Å². The van der Waals surface area contributed by atoms with E-state index in [-0.39, 0.29) is 22.2 Å². The number of aliphatic hydroxyl groups is 1. The highest BCUT2D eigenvalue weighted by molar-refractivity contribution is 9.10. The number of fused-ring (bicyclic) bond motifs is 1. The average molecular weight is 542 g/mol. The first-order valence-corrected chi connectivity index (χ1v) is 12.0. The summed E-state index contributed by atoms with van der Waals surface area (Å²) >= 11 is 5.76. The number of amides is 1. The Balaban J connectivity index is 1.69. The number of thiazole rings is 1. The number of nitrogens with zero attached hydrogens (tertiary/aromatic N) is 3. The lowest BCUT2D eigenvalue weighted by Crippen LogP contribution is -2.28. The fraction of sp³-hybridized carbons (Fsp3) is 0.0455. The maximum Gasteiger partial charge on any atom is 0.301 e. The summed E-state index contributed by atoms with van der Waals surface area (Å²) in [5, 5.41) is 24.2. The number of benzene rings is 2. The van der Waals surface area contributed by atoms with Crippen LogP contribution in [0, 0.1) is 10.1 Å². The Morgan fingerprint density at radius 1 is 1.15 bits per heavy atom. The molecule has 8 nitrogen and oxygen atoms in total. The third kappa shape index (κ3) is 3.63. The molecule has 4 aromatic rings. The van der Waals surface area contributed by atoms with Crippen LogP contribution in [0.2, 0.25) is 0 Å². The quantitative estimate of drug-likeness (QED) is 0.117. The molecule has 0 spiro atoms. The minimum Gasteiger partial charge on any atom is -0.507 e. The van der Waals surface area contributed by atoms with Crippen LogP contribution in [0.5, 0.6) is 0 Å². The zero-order chi connectivity index (χ0) is 23.3. The Kier molecular flexibility index (Phi) is 5.31. The van der Waals surface area contributed by atoms with E-state index in [1.165, 1.54) is 34.4 Å². The summed E-state index contributed by atoms with van der Waals surface area (Å²) in [6, 6.07) is 13.7. The summed E-state index contributed by atoms with van der Waals surface area (Å²) in [5.74, 6) is -1.92. The van der Waals surface area contributed by atoms with Crippen molar-refractivity contribution in [3.63, 3.8) is 0 Å². The van der Waals surface area contributed by atoms with Gasteiger partial charge in [0.15, 0.2) is 5.13 Å². The molecule has 2 aromatic heterocycles. The molecule has 0 saturated carbocycles. The minimum atomic E-state index is -0.871. The Hall–Kier alpha value is -3.41. The van der Waals surface area contributed by atoms with E-state index < -0.39 is 22.7 Å². The first kappa shape index (κ1) is 21.4. The molecule has 1 atom stereocenters.